The zero-order valence-corrected chi connectivity index (χ0v) is 30.3. The summed E-state index contributed by atoms with van der Waals surface area (Å²) in [5.41, 5.74) is 4.77. The minimum atomic E-state index is -5.14. The molecule has 0 fully saturated rings. The van der Waals surface area contributed by atoms with E-state index in [0.717, 1.165) is 11.3 Å². The van der Waals surface area contributed by atoms with Gasteiger partial charge in [-0.1, -0.05) is 62.4 Å². The molecule has 3 aromatic carbocycles. The molecule has 4 aromatic rings. The number of carboxylic acid groups (broad SMARTS) is 1. The monoisotopic (exact) mass is 742 g/mol. The van der Waals surface area contributed by atoms with E-state index in [2.05, 4.69) is 5.32 Å². The number of aliphatic carboxylic acids is 1. The van der Waals surface area contributed by atoms with E-state index in [9.17, 15) is 24.2 Å². The maximum absolute atomic E-state index is 14.0. The van der Waals surface area contributed by atoms with Crippen molar-refractivity contribution in [1.29, 1.82) is 0 Å². The third-order valence-electron chi connectivity index (χ3n) is 6.93. The van der Waals surface area contributed by atoms with Gasteiger partial charge in [-0.15, -0.1) is 0 Å². The number of aliphatic hydroxyl groups is 2. The van der Waals surface area contributed by atoms with Gasteiger partial charge in [0.2, 0.25) is 0 Å². The van der Waals surface area contributed by atoms with E-state index in [1.54, 1.807) is 12.1 Å². The first-order chi connectivity index (χ1) is 21.7. The number of hydrogen-bond donors (Lipinski definition) is 5. The largest absolute Gasteiger partial charge is 2.00 e. The molecule has 5 N–H and O–H groups in total. The summed E-state index contributed by atoms with van der Waals surface area (Å²) in [6, 6.07) is 24.8. The number of carbonyl (C=O) groups excluding carboxylic acids is 1. The smallest absolute Gasteiger partial charge is 0.790 e. The Morgan fingerprint density at radius 1 is 0.894 bits per heavy atom. The van der Waals surface area contributed by atoms with Gasteiger partial charge < -0.3 is 44.4 Å². The summed E-state index contributed by atoms with van der Waals surface area (Å²) in [5.74, 6) is -1.93. The number of nitrogens with zero attached hydrogens (tertiary/aromatic N) is 1. The fourth-order valence-electron chi connectivity index (χ4n) is 5.20. The van der Waals surface area contributed by atoms with Crippen LogP contribution in [0.4, 0.5) is 10.1 Å². The van der Waals surface area contributed by atoms with Crippen LogP contribution < -0.4 is 15.1 Å². The molecule has 0 aliphatic rings. The van der Waals surface area contributed by atoms with E-state index in [1.165, 1.54) is 12.1 Å². The number of hydrogen-bond acceptors (Lipinski definition) is 7. The van der Waals surface area contributed by atoms with Crippen molar-refractivity contribution in [3.63, 3.8) is 0 Å². The number of benzene rings is 3. The summed E-state index contributed by atoms with van der Waals surface area (Å²) in [4.78, 5) is 49.3. The molecule has 0 radical (unpaired) electrons. The molecule has 4 rings (SSSR count). The quantitative estimate of drug-likeness (QED) is 0.106. The van der Waals surface area contributed by atoms with Crippen LogP contribution in [0.2, 0.25) is 0 Å². The van der Waals surface area contributed by atoms with Gasteiger partial charge in [0, 0.05) is 23.5 Å². The number of amides is 1. The normalized spacial score (nSPS) is 12.4. The Hall–Kier alpha value is -2.68. The third kappa shape index (κ3) is 12.7. The van der Waals surface area contributed by atoms with Crippen LogP contribution in [-0.2, 0) is 15.9 Å². The van der Waals surface area contributed by atoms with E-state index >= 15 is 0 Å². The number of nitrogens with one attached hydrogen (secondary N) is 1. The average Bonchev–Trinajstić information content (AvgIpc) is 3.32. The summed E-state index contributed by atoms with van der Waals surface area (Å²) in [5, 5.41) is 32.8. The fourth-order valence-corrected chi connectivity index (χ4v) is 5.20. The van der Waals surface area contributed by atoms with Crippen molar-refractivity contribution in [2.75, 3.05) is 5.32 Å². The average molecular weight is 742 g/mol. The van der Waals surface area contributed by atoms with Crippen LogP contribution in [0.5, 0.6) is 0 Å². The second-order valence-corrected chi connectivity index (χ2v) is 11.8. The standard InChI is InChI=1S/C33H35FN2O5.H3O4P.Sr/c1-21(2)31-30(33(41)35-25-11-7-4-8-12-25)29(22-9-5-3-6-10-22)32(23-13-15-24(34)16-14-23)36(31)18-17-26(37)19-27(38)20-28(39)40;1-5(2,3)4;/h3-16,21,26-27,37-38H,17-20H2,1-2H3,(H,35,41)(H,39,40);(H3,1,2,3,4);/q;;+2/p-2/t26-,27-;;/m1../s1. The molecule has 0 spiro atoms. The Bertz CT molecular complexity index is 1640. The molecule has 0 aliphatic carbocycles. The van der Waals surface area contributed by atoms with E-state index < -0.39 is 32.4 Å². The molecule has 0 saturated carbocycles. The number of aliphatic hydroxyl groups excluding tert-OH is 2. The number of halogens is 1. The molecular formula is C33H36FN2O9PSr. The number of rotatable bonds is 12. The molecule has 0 bridgehead atoms. The summed E-state index contributed by atoms with van der Waals surface area (Å²) in [7, 11) is -5.14. The molecule has 2 atom stereocenters. The van der Waals surface area contributed by atoms with Gasteiger partial charge in [0.1, 0.15) is 5.82 Å². The maximum Gasteiger partial charge on any atom is 2.00 e. The topological polar surface area (TPSA) is 195 Å². The van der Waals surface area contributed by atoms with Crippen molar-refractivity contribution < 1.29 is 48.5 Å². The number of para-hydroxylation sites is 1. The SMILES string of the molecule is CC(C)c1c(C(=O)Nc2ccccc2)c(-c2ccccc2)c(-c2ccc(F)cc2)n1CC[C@@H](O)C[C@@H](O)CC(=O)O.O=P([O-])([O-])O.[Sr+2]. The number of phosphoric acid groups is 1. The summed E-state index contributed by atoms with van der Waals surface area (Å²) < 4.78 is 24.7. The van der Waals surface area contributed by atoms with Gasteiger partial charge in [0.25, 0.3) is 5.91 Å². The Morgan fingerprint density at radius 2 is 1.43 bits per heavy atom. The van der Waals surface area contributed by atoms with Crippen molar-refractivity contribution in [3.8, 4) is 22.4 Å². The summed E-state index contributed by atoms with van der Waals surface area (Å²) >= 11 is 0. The van der Waals surface area contributed by atoms with E-state index in [-0.39, 0.29) is 82.5 Å². The van der Waals surface area contributed by atoms with Crippen LogP contribution in [0.3, 0.4) is 0 Å². The molecule has 0 saturated heterocycles. The van der Waals surface area contributed by atoms with Gasteiger partial charge in [-0.3, -0.25) is 9.59 Å². The first-order valence-corrected chi connectivity index (χ1v) is 15.9. The first kappa shape index (κ1) is 40.5. The molecule has 14 heteroatoms. The van der Waals surface area contributed by atoms with Gasteiger partial charge in [-0.2, -0.15) is 0 Å². The van der Waals surface area contributed by atoms with Gasteiger partial charge in [0.15, 0.2) is 0 Å². The minimum Gasteiger partial charge on any atom is -0.790 e. The van der Waals surface area contributed by atoms with Crippen molar-refractivity contribution in [2.24, 2.45) is 0 Å². The molecule has 47 heavy (non-hydrogen) atoms. The Morgan fingerprint density at radius 3 is 1.94 bits per heavy atom. The van der Waals surface area contributed by atoms with Gasteiger partial charge >= 0.3 is 51.5 Å². The van der Waals surface area contributed by atoms with Gasteiger partial charge in [-0.25, -0.2) is 4.39 Å². The number of carboxylic acids is 1. The Labute approximate surface area is 309 Å². The number of anilines is 1. The van der Waals surface area contributed by atoms with Crippen LogP contribution in [0.1, 0.15) is 55.1 Å². The molecule has 1 heterocycles. The van der Waals surface area contributed by atoms with Gasteiger partial charge in [-0.05, 0) is 66.3 Å². The van der Waals surface area contributed by atoms with Gasteiger partial charge in [0.05, 0.1) is 37.7 Å². The zero-order valence-electron chi connectivity index (χ0n) is 26.0. The summed E-state index contributed by atoms with van der Waals surface area (Å²) in [6.45, 7) is 4.25. The van der Waals surface area contributed by atoms with Crippen LogP contribution in [0.25, 0.3) is 22.4 Å². The fraction of sp³-hybridized carbons (Fsp3) is 0.273. The molecule has 0 unspecified atom stereocenters. The van der Waals surface area contributed by atoms with E-state index in [0.29, 0.717) is 28.1 Å². The Balaban J connectivity index is 0.00000119. The van der Waals surface area contributed by atoms with Crippen molar-refractivity contribution in [1.82, 2.24) is 4.57 Å². The molecule has 1 aromatic heterocycles. The van der Waals surface area contributed by atoms with Crippen molar-refractivity contribution in [3.05, 3.63) is 102 Å². The number of aromatic nitrogens is 1. The van der Waals surface area contributed by atoms with Crippen LogP contribution in [0, 0.1) is 5.82 Å². The van der Waals surface area contributed by atoms with E-state index in [4.69, 9.17) is 24.4 Å². The predicted octanol–water partition coefficient (Wildman–Crippen LogP) is 3.74. The third-order valence-corrected chi connectivity index (χ3v) is 6.93. The predicted molar refractivity (Wildman–Crippen MR) is 173 cm³/mol. The molecule has 246 valence electrons. The second-order valence-electron chi connectivity index (χ2n) is 10.9. The van der Waals surface area contributed by atoms with Crippen LogP contribution in [0.15, 0.2) is 84.9 Å². The van der Waals surface area contributed by atoms with Crippen molar-refractivity contribution in [2.45, 2.75) is 57.8 Å². The maximum atomic E-state index is 14.0. The second kappa shape index (κ2) is 18.8. The van der Waals surface area contributed by atoms with Crippen LogP contribution in [-0.4, -0.2) is 94.3 Å². The van der Waals surface area contributed by atoms with E-state index in [1.807, 2.05) is 79.1 Å². The zero-order chi connectivity index (χ0) is 34.0. The Kier molecular flexibility index (Phi) is 16.2. The molecule has 0 aliphatic heterocycles. The number of carbonyl (C=O) groups is 2. The van der Waals surface area contributed by atoms with Crippen molar-refractivity contribution >= 4 is 70.9 Å². The molecule has 11 nitrogen and oxygen atoms in total. The van der Waals surface area contributed by atoms with Crippen LogP contribution >= 0.6 is 7.82 Å². The molecular weight excluding hydrogens is 706 g/mol. The minimum absolute atomic E-state index is 0. The first-order valence-electron chi connectivity index (χ1n) is 14.4. The molecule has 1 amide bonds. The summed E-state index contributed by atoms with van der Waals surface area (Å²) in [6.07, 6.45) is -2.51.